The topological polar surface area (TPSA) is 110 Å². The summed E-state index contributed by atoms with van der Waals surface area (Å²) in [4.78, 5) is 20.8. The molecule has 0 unspecified atom stereocenters. The van der Waals surface area contributed by atoms with Gasteiger partial charge in [-0.1, -0.05) is 0 Å². The highest BCUT2D eigenvalue weighted by Crippen LogP contribution is 2.14. The first-order chi connectivity index (χ1) is 11.0. The van der Waals surface area contributed by atoms with E-state index in [4.69, 9.17) is 23.8 Å². The third-order valence-electron chi connectivity index (χ3n) is 2.63. The average Bonchev–Trinajstić information content (AvgIpc) is 3.12. The Morgan fingerprint density at radius 2 is 1.30 bits per heavy atom. The van der Waals surface area contributed by atoms with Crippen LogP contribution in [0, 0.1) is 0 Å². The Balaban J connectivity index is 1.81. The van der Waals surface area contributed by atoms with E-state index < -0.39 is 11.9 Å². The van der Waals surface area contributed by atoms with Crippen molar-refractivity contribution in [2.45, 2.75) is 13.2 Å². The third kappa shape index (κ3) is 5.68. The van der Waals surface area contributed by atoms with E-state index in [1.54, 1.807) is 24.3 Å². The van der Waals surface area contributed by atoms with Gasteiger partial charge in [0.05, 0.1) is 0 Å². The molecule has 2 aromatic heterocycles. The summed E-state index contributed by atoms with van der Waals surface area (Å²) in [7, 11) is 0. The summed E-state index contributed by atoms with van der Waals surface area (Å²) < 4.78 is 16.1. The molecule has 23 heavy (non-hydrogen) atoms. The molecule has 7 heteroatoms. The van der Waals surface area contributed by atoms with Gasteiger partial charge in [0.25, 0.3) is 0 Å². The summed E-state index contributed by atoms with van der Waals surface area (Å²) in [6.45, 7) is 0.393. The lowest BCUT2D eigenvalue weighted by Gasteiger charge is -1.99. The molecule has 2 N–H and O–H groups in total. The lowest BCUT2D eigenvalue weighted by atomic mass is 10.4. The Hall–Kier alpha value is -3.06. The Morgan fingerprint density at radius 1 is 0.870 bits per heavy atom. The molecular formula is C16H14O7. The lowest BCUT2D eigenvalue weighted by Crippen LogP contribution is -1.91. The molecule has 0 aliphatic heterocycles. The quantitative estimate of drug-likeness (QED) is 0.720. The first-order valence-corrected chi connectivity index (χ1v) is 6.60. The molecule has 0 aliphatic rings. The first kappa shape index (κ1) is 16.3. The van der Waals surface area contributed by atoms with Gasteiger partial charge < -0.3 is 23.8 Å². The second-order valence-corrected chi connectivity index (χ2v) is 4.44. The Bertz CT molecular complexity index is 671. The van der Waals surface area contributed by atoms with Gasteiger partial charge in [0, 0.05) is 12.2 Å². The van der Waals surface area contributed by atoms with E-state index in [0.717, 1.165) is 12.2 Å². The molecule has 0 amide bonds. The van der Waals surface area contributed by atoms with Gasteiger partial charge in [-0.05, 0) is 36.4 Å². The van der Waals surface area contributed by atoms with Crippen molar-refractivity contribution in [2.75, 3.05) is 0 Å². The predicted molar refractivity (Wildman–Crippen MR) is 79.2 cm³/mol. The van der Waals surface area contributed by atoms with Crippen molar-refractivity contribution in [2.24, 2.45) is 0 Å². The molecule has 0 saturated carbocycles. The molecule has 120 valence electrons. The summed E-state index contributed by atoms with van der Waals surface area (Å²) in [6.07, 6.45) is 4.66. The Kier molecular flexibility index (Phi) is 5.54. The normalized spacial score (nSPS) is 11.5. The van der Waals surface area contributed by atoms with E-state index in [-0.39, 0.29) is 13.2 Å². The minimum Gasteiger partial charge on any atom is -0.478 e. The number of furan rings is 2. The average molecular weight is 318 g/mol. The van der Waals surface area contributed by atoms with E-state index in [1.807, 2.05) is 0 Å². The largest absolute Gasteiger partial charge is 0.478 e. The molecule has 0 fully saturated rings. The Morgan fingerprint density at radius 3 is 1.70 bits per heavy atom. The lowest BCUT2D eigenvalue weighted by molar-refractivity contribution is -0.132. The third-order valence-corrected chi connectivity index (χ3v) is 2.63. The van der Waals surface area contributed by atoms with E-state index in [1.165, 1.54) is 12.2 Å². The maximum Gasteiger partial charge on any atom is 0.328 e. The highest BCUT2D eigenvalue weighted by molar-refractivity contribution is 5.85. The van der Waals surface area contributed by atoms with Crippen LogP contribution < -0.4 is 0 Å². The minimum atomic E-state index is -1.05. The van der Waals surface area contributed by atoms with Gasteiger partial charge in [-0.15, -0.1) is 0 Å². The molecule has 0 saturated heterocycles. The molecule has 0 aliphatic carbocycles. The van der Waals surface area contributed by atoms with Crippen LogP contribution in [0.3, 0.4) is 0 Å². The van der Waals surface area contributed by atoms with Crippen LogP contribution in [0.25, 0.3) is 12.2 Å². The zero-order valence-corrected chi connectivity index (χ0v) is 12.0. The van der Waals surface area contributed by atoms with Gasteiger partial charge in [0.2, 0.25) is 0 Å². The van der Waals surface area contributed by atoms with Crippen molar-refractivity contribution in [1.29, 1.82) is 0 Å². The second-order valence-electron chi connectivity index (χ2n) is 4.44. The van der Waals surface area contributed by atoms with Gasteiger partial charge in [-0.25, -0.2) is 9.59 Å². The number of rotatable bonds is 8. The molecule has 0 aromatic carbocycles. The molecular weight excluding hydrogens is 304 g/mol. The molecule has 7 nitrogen and oxygen atoms in total. The first-order valence-electron chi connectivity index (χ1n) is 6.60. The minimum absolute atomic E-state index is 0.196. The fraction of sp³-hybridized carbons (Fsp3) is 0.125. The zero-order valence-electron chi connectivity index (χ0n) is 12.0. The highest BCUT2D eigenvalue weighted by Gasteiger charge is 2.04. The number of carboxylic acids is 2. The van der Waals surface area contributed by atoms with Crippen LogP contribution in [-0.4, -0.2) is 22.2 Å². The monoisotopic (exact) mass is 318 g/mol. The summed E-state index contributed by atoms with van der Waals surface area (Å²) in [5, 5.41) is 17.0. The molecule has 0 atom stereocenters. The second kappa shape index (κ2) is 7.81. The van der Waals surface area contributed by atoms with Crippen LogP contribution >= 0.6 is 0 Å². The van der Waals surface area contributed by atoms with Crippen molar-refractivity contribution < 1.29 is 33.4 Å². The number of aliphatic carboxylic acids is 2. The molecule has 2 aromatic rings. The molecule has 2 rings (SSSR count). The van der Waals surface area contributed by atoms with E-state index in [9.17, 15) is 9.59 Å². The smallest absolute Gasteiger partial charge is 0.328 e. The number of ether oxygens (including phenoxy) is 1. The fourth-order valence-corrected chi connectivity index (χ4v) is 1.68. The summed E-state index contributed by atoms with van der Waals surface area (Å²) in [6, 6.07) is 6.65. The molecule has 0 bridgehead atoms. The number of carboxylic acid groups (broad SMARTS) is 2. The predicted octanol–water partition coefficient (Wildman–Crippen LogP) is 2.79. The van der Waals surface area contributed by atoms with Gasteiger partial charge in [-0.3, -0.25) is 0 Å². The van der Waals surface area contributed by atoms with Crippen molar-refractivity contribution in [1.82, 2.24) is 0 Å². The summed E-state index contributed by atoms with van der Waals surface area (Å²) >= 11 is 0. The van der Waals surface area contributed by atoms with Crippen molar-refractivity contribution in [3.05, 3.63) is 59.5 Å². The maximum atomic E-state index is 10.4. The van der Waals surface area contributed by atoms with Crippen LogP contribution in [0.4, 0.5) is 0 Å². The molecule has 0 spiro atoms. The van der Waals surface area contributed by atoms with Crippen molar-refractivity contribution in [3.8, 4) is 0 Å². The number of carbonyl (C=O) groups is 2. The molecule has 2 heterocycles. The van der Waals surface area contributed by atoms with Crippen LogP contribution in [0.1, 0.15) is 23.0 Å². The van der Waals surface area contributed by atoms with E-state index in [0.29, 0.717) is 23.0 Å². The van der Waals surface area contributed by atoms with Crippen molar-refractivity contribution >= 4 is 24.1 Å². The van der Waals surface area contributed by atoms with E-state index >= 15 is 0 Å². The zero-order chi connectivity index (χ0) is 16.7. The molecule has 0 radical (unpaired) electrons. The fourth-order valence-electron chi connectivity index (χ4n) is 1.68. The maximum absolute atomic E-state index is 10.4. The van der Waals surface area contributed by atoms with Gasteiger partial charge in [-0.2, -0.15) is 0 Å². The van der Waals surface area contributed by atoms with Crippen molar-refractivity contribution in [3.63, 3.8) is 0 Å². The van der Waals surface area contributed by atoms with Crippen LogP contribution in [-0.2, 0) is 27.5 Å². The van der Waals surface area contributed by atoms with Gasteiger partial charge >= 0.3 is 11.9 Å². The van der Waals surface area contributed by atoms with Crippen LogP contribution in [0.5, 0.6) is 0 Å². The van der Waals surface area contributed by atoms with Crippen LogP contribution in [0.15, 0.2) is 45.3 Å². The number of hydrogen-bond acceptors (Lipinski definition) is 5. The Labute approximate surface area is 131 Å². The highest BCUT2D eigenvalue weighted by atomic mass is 16.5. The van der Waals surface area contributed by atoms with Gasteiger partial charge in [0.1, 0.15) is 36.3 Å². The SMILES string of the molecule is O=C(O)/C=C/c1ccc(COCc2ccc(/C=C/C(=O)O)o2)o1. The van der Waals surface area contributed by atoms with E-state index in [2.05, 4.69) is 0 Å². The van der Waals surface area contributed by atoms with Gasteiger partial charge in [0.15, 0.2) is 0 Å². The summed E-state index contributed by atoms with van der Waals surface area (Å²) in [5.41, 5.74) is 0. The summed E-state index contributed by atoms with van der Waals surface area (Å²) in [5.74, 6) is -0.162. The van der Waals surface area contributed by atoms with Crippen LogP contribution in [0.2, 0.25) is 0 Å². The standard InChI is InChI=1S/C16H14O7/c17-15(18)7-5-11-1-3-13(22-11)9-21-10-14-4-2-12(23-14)6-8-16(19)20/h1-8H,9-10H2,(H,17,18)(H,19,20)/b7-5+,8-6+. The number of hydrogen-bond donors (Lipinski definition) is 2.